The summed E-state index contributed by atoms with van der Waals surface area (Å²) < 4.78 is 5.23. The highest BCUT2D eigenvalue weighted by Gasteiger charge is 2.18. The Morgan fingerprint density at radius 3 is 2.56 bits per heavy atom. The van der Waals surface area contributed by atoms with E-state index in [1.165, 1.54) is 0 Å². The van der Waals surface area contributed by atoms with Gasteiger partial charge in [0, 0.05) is 17.5 Å². The van der Waals surface area contributed by atoms with E-state index in [0.717, 1.165) is 5.56 Å². The summed E-state index contributed by atoms with van der Waals surface area (Å²) in [5.41, 5.74) is 6.43. The van der Waals surface area contributed by atoms with Gasteiger partial charge in [-0.2, -0.15) is 0 Å². The Hall–Kier alpha value is -1.06. The van der Waals surface area contributed by atoms with Gasteiger partial charge in [-0.15, -0.1) is 0 Å². The van der Waals surface area contributed by atoms with Gasteiger partial charge in [0.15, 0.2) is 0 Å². The number of halogens is 1. The molecule has 0 heterocycles. The van der Waals surface area contributed by atoms with E-state index in [1.54, 1.807) is 6.07 Å². The Morgan fingerprint density at radius 2 is 2.00 bits per heavy atom. The van der Waals surface area contributed by atoms with Crippen molar-refractivity contribution >= 4 is 17.6 Å². The van der Waals surface area contributed by atoms with Crippen LogP contribution in [0.3, 0.4) is 0 Å². The van der Waals surface area contributed by atoms with Crippen LogP contribution in [0, 0.1) is 0 Å². The average Bonchev–Trinajstić information content (AvgIpc) is 2.24. The molecule has 0 aromatic heterocycles. The second-order valence-corrected chi connectivity index (χ2v) is 5.66. The van der Waals surface area contributed by atoms with Gasteiger partial charge in [-0.3, -0.25) is 4.79 Å². The predicted octanol–water partition coefficient (Wildman–Crippen LogP) is 3.46. The number of carbonyl (C=O) groups excluding carboxylic acids is 1. The van der Waals surface area contributed by atoms with Gasteiger partial charge < -0.3 is 10.5 Å². The van der Waals surface area contributed by atoms with E-state index in [0.29, 0.717) is 17.9 Å². The van der Waals surface area contributed by atoms with Crippen LogP contribution in [0.15, 0.2) is 24.3 Å². The second kappa shape index (κ2) is 6.21. The van der Waals surface area contributed by atoms with Crippen molar-refractivity contribution in [1.29, 1.82) is 0 Å². The lowest BCUT2D eigenvalue weighted by Gasteiger charge is -2.20. The largest absolute Gasteiger partial charge is 0.460 e. The molecule has 0 spiro atoms. The fraction of sp³-hybridized carbons (Fsp3) is 0.500. The van der Waals surface area contributed by atoms with Crippen LogP contribution in [0.4, 0.5) is 0 Å². The first kappa shape index (κ1) is 15.0. The first-order valence-corrected chi connectivity index (χ1v) is 6.39. The highest BCUT2D eigenvalue weighted by atomic mass is 35.5. The van der Waals surface area contributed by atoms with E-state index in [-0.39, 0.29) is 12.0 Å². The van der Waals surface area contributed by atoms with Crippen LogP contribution in [-0.2, 0) is 9.53 Å². The minimum absolute atomic E-state index is 0.231. The molecule has 1 atom stereocenters. The summed E-state index contributed by atoms with van der Waals surface area (Å²) in [5.74, 6) is -0.231. The van der Waals surface area contributed by atoms with E-state index in [1.807, 2.05) is 39.0 Å². The van der Waals surface area contributed by atoms with Crippen molar-refractivity contribution in [2.24, 2.45) is 5.73 Å². The molecule has 1 rings (SSSR count). The van der Waals surface area contributed by atoms with Crippen molar-refractivity contribution in [3.05, 3.63) is 34.9 Å². The second-order valence-electron chi connectivity index (χ2n) is 5.25. The minimum Gasteiger partial charge on any atom is -0.460 e. The summed E-state index contributed by atoms with van der Waals surface area (Å²) in [6.07, 6.45) is 0.822. The average molecular weight is 270 g/mol. The minimum atomic E-state index is -0.453. The Morgan fingerprint density at radius 1 is 1.39 bits per heavy atom. The van der Waals surface area contributed by atoms with Gasteiger partial charge in [-0.25, -0.2) is 0 Å². The summed E-state index contributed by atoms with van der Waals surface area (Å²) >= 11 is 6.04. The van der Waals surface area contributed by atoms with Crippen LogP contribution in [0.2, 0.25) is 5.02 Å². The molecule has 2 N–H and O–H groups in total. The molecule has 0 aliphatic carbocycles. The van der Waals surface area contributed by atoms with E-state index in [4.69, 9.17) is 22.1 Å². The Kier molecular flexibility index (Phi) is 5.17. The summed E-state index contributed by atoms with van der Waals surface area (Å²) in [7, 11) is 0. The number of esters is 1. The standard InChI is InChI=1S/C14H20ClNO2/c1-14(2,3)18-13(17)9-8-12(16)10-6-4-5-7-11(10)15/h4-7,12H,8-9,16H2,1-3H3. The molecule has 0 bridgehead atoms. The normalized spacial score (nSPS) is 13.2. The van der Waals surface area contributed by atoms with E-state index in [9.17, 15) is 4.79 Å². The molecule has 100 valence electrons. The highest BCUT2D eigenvalue weighted by molar-refractivity contribution is 6.31. The molecular formula is C14H20ClNO2. The molecule has 1 unspecified atom stereocenters. The van der Waals surface area contributed by atoms with Crippen molar-refractivity contribution in [3.8, 4) is 0 Å². The van der Waals surface area contributed by atoms with Crippen LogP contribution in [-0.4, -0.2) is 11.6 Å². The fourth-order valence-corrected chi connectivity index (χ4v) is 1.87. The van der Waals surface area contributed by atoms with Gasteiger partial charge in [0.1, 0.15) is 5.60 Å². The summed E-state index contributed by atoms with van der Waals surface area (Å²) in [5, 5.41) is 0.634. The lowest BCUT2D eigenvalue weighted by molar-refractivity contribution is -0.155. The number of hydrogen-bond donors (Lipinski definition) is 1. The predicted molar refractivity (Wildman–Crippen MR) is 73.5 cm³/mol. The summed E-state index contributed by atoms with van der Waals surface area (Å²) in [4.78, 5) is 11.6. The molecule has 0 amide bonds. The van der Waals surface area contributed by atoms with Gasteiger partial charge in [0.2, 0.25) is 0 Å². The van der Waals surface area contributed by atoms with Crippen LogP contribution >= 0.6 is 11.6 Å². The lowest BCUT2D eigenvalue weighted by atomic mass is 10.0. The zero-order chi connectivity index (χ0) is 13.8. The number of ether oxygens (including phenoxy) is 1. The fourth-order valence-electron chi connectivity index (χ4n) is 1.60. The maximum absolute atomic E-state index is 11.6. The number of carbonyl (C=O) groups is 1. The van der Waals surface area contributed by atoms with Crippen LogP contribution in [0.5, 0.6) is 0 Å². The van der Waals surface area contributed by atoms with Crippen LogP contribution in [0.1, 0.15) is 45.2 Å². The van der Waals surface area contributed by atoms with E-state index < -0.39 is 5.60 Å². The maximum atomic E-state index is 11.6. The van der Waals surface area contributed by atoms with Gasteiger partial charge in [-0.05, 0) is 38.8 Å². The summed E-state index contributed by atoms with van der Waals surface area (Å²) in [6.45, 7) is 5.54. The van der Waals surface area contributed by atoms with Gasteiger partial charge in [-0.1, -0.05) is 29.8 Å². The third-order valence-corrected chi connectivity index (χ3v) is 2.73. The van der Waals surface area contributed by atoms with E-state index in [2.05, 4.69) is 0 Å². The zero-order valence-corrected chi connectivity index (χ0v) is 11.8. The van der Waals surface area contributed by atoms with Crippen molar-refractivity contribution in [1.82, 2.24) is 0 Å². The number of rotatable bonds is 4. The molecule has 18 heavy (non-hydrogen) atoms. The molecule has 0 aliphatic rings. The van der Waals surface area contributed by atoms with Gasteiger partial charge >= 0.3 is 5.97 Å². The van der Waals surface area contributed by atoms with Gasteiger partial charge in [0.25, 0.3) is 0 Å². The first-order valence-electron chi connectivity index (χ1n) is 6.01. The van der Waals surface area contributed by atoms with Crippen LogP contribution < -0.4 is 5.73 Å². The smallest absolute Gasteiger partial charge is 0.306 e. The molecular weight excluding hydrogens is 250 g/mol. The van der Waals surface area contributed by atoms with E-state index >= 15 is 0 Å². The Labute approximate surface area is 113 Å². The molecule has 4 heteroatoms. The third kappa shape index (κ3) is 5.07. The SMILES string of the molecule is CC(C)(C)OC(=O)CCC(N)c1ccccc1Cl. The monoisotopic (exact) mass is 269 g/mol. The highest BCUT2D eigenvalue weighted by Crippen LogP contribution is 2.24. The number of nitrogens with two attached hydrogens (primary N) is 1. The molecule has 3 nitrogen and oxygen atoms in total. The molecule has 0 radical (unpaired) electrons. The van der Waals surface area contributed by atoms with Crippen molar-refractivity contribution in [3.63, 3.8) is 0 Å². The van der Waals surface area contributed by atoms with Crippen LogP contribution in [0.25, 0.3) is 0 Å². The first-order chi connectivity index (χ1) is 8.29. The van der Waals surface area contributed by atoms with Crippen molar-refractivity contribution in [2.45, 2.75) is 45.3 Å². The maximum Gasteiger partial charge on any atom is 0.306 e. The number of benzene rings is 1. The Balaban J connectivity index is 2.49. The van der Waals surface area contributed by atoms with Crippen molar-refractivity contribution in [2.75, 3.05) is 0 Å². The molecule has 0 saturated carbocycles. The summed E-state index contributed by atoms with van der Waals surface area (Å²) in [6, 6.07) is 7.17. The molecule has 1 aromatic rings. The molecule has 0 saturated heterocycles. The van der Waals surface area contributed by atoms with Gasteiger partial charge in [0.05, 0.1) is 0 Å². The quantitative estimate of drug-likeness (QED) is 0.852. The molecule has 0 aliphatic heterocycles. The molecule has 0 fully saturated rings. The Bertz CT molecular complexity index is 413. The lowest BCUT2D eigenvalue weighted by Crippen LogP contribution is -2.24. The zero-order valence-electron chi connectivity index (χ0n) is 11.1. The van der Waals surface area contributed by atoms with Crippen molar-refractivity contribution < 1.29 is 9.53 Å². The molecule has 1 aromatic carbocycles. The number of hydrogen-bond acceptors (Lipinski definition) is 3. The topological polar surface area (TPSA) is 52.3 Å². The third-order valence-electron chi connectivity index (χ3n) is 2.38.